The van der Waals surface area contributed by atoms with Gasteiger partial charge in [0, 0.05) is 36.1 Å². The number of nitro groups is 1. The first kappa shape index (κ1) is 23.6. The molecule has 1 amide bonds. The number of nitrogens with zero attached hydrogens (tertiary/aromatic N) is 3. The van der Waals surface area contributed by atoms with Crippen molar-refractivity contribution in [2.24, 2.45) is 0 Å². The fourth-order valence-electron chi connectivity index (χ4n) is 3.37. The number of hydrogen-bond acceptors (Lipinski definition) is 9. The van der Waals surface area contributed by atoms with Gasteiger partial charge in [0.15, 0.2) is 16.7 Å². The van der Waals surface area contributed by atoms with E-state index >= 15 is 0 Å². The minimum absolute atomic E-state index is 0.0113. The summed E-state index contributed by atoms with van der Waals surface area (Å²) in [5.41, 5.74) is 1.45. The number of nitrogens with one attached hydrogen (secondary N) is 1. The molecule has 0 saturated carbocycles. The summed E-state index contributed by atoms with van der Waals surface area (Å²) in [7, 11) is 3.04. The second-order valence-electron chi connectivity index (χ2n) is 7.09. The van der Waals surface area contributed by atoms with Gasteiger partial charge in [0.25, 0.3) is 11.2 Å². The van der Waals surface area contributed by atoms with E-state index in [0.29, 0.717) is 39.3 Å². The Hall–Kier alpha value is -3.51. The van der Waals surface area contributed by atoms with Crippen molar-refractivity contribution in [2.75, 3.05) is 31.0 Å². The lowest BCUT2D eigenvalue weighted by Gasteiger charge is -2.15. The number of hydrogen-bond donors (Lipinski definition) is 1. The molecule has 2 aromatic carbocycles. The highest BCUT2D eigenvalue weighted by Gasteiger charge is 2.23. The lowest BCUT2D eigenvalue weighted by molar-refractivity contribution is -0.384. The monoisotopic (exact) mass is 500 g/mol. The lowest BCUT2D eigenvalue weighted by Crippen LogP contribution is -2.24. The Kier molecular flexibility index (Phi) is 7.08. The molecule has 176 valence electrons. The van der Waals surface area contributed by atoms with Gasteiger partial charge in [-0.1, -0.05) is 11.8 Å². The van der Waals surface area contributed by atoms with Crippen molar-refractivity contribution in [3.05, 3.63) is 68.6 Å². The maximum absolute atomic E-state index is 13.3. The summed E-state index contributed by atoms with van der Waals surface area (Å²) in [6, 6.07) is 10.7. The molecule has 0 fully saturated rings. The third kappa shape index (κ3) is 4.87. The van der Waals surface area contributed by atoms with E-state index < -0.39 is 4.92 Å². The smallest absolute Gasteiger partial charge is 0.272 e. The van der Waals surface area contributed by atoms with Gasteiger partial charge in [-0.05, 0) is 24.3 Å². The van der Waals surface area contributed by atoms with Crippen LogP contribution < -0.4 is 20.3 Å². The number of benzene rings is 2. The van der Waals surface area contributed by atoms with E-state index in [-0.39, 0.29) is 22.9 Å². The fraction of sp³-hybridized carbons (Fsp3) is 0.227. The van der Waals surface area contributed by atoms with Crippen molar-refractivity contribution in [1.82, 2.24) is 9.55 Å². The third-order valence-electron chi connectivity index (χ3n) is 4.99. The maximum Gasteiger partial charge on any atom is 0.272 e. The lowest BCUT2D eigenvalue weighted by atomic mass is 10.2. The number of aromatic nitrogens is 2. The van der Waals surface area contributed by atoms with E-state index in [1.54, 1.807) is 18.2 Å². The van der Waals surface area contributed by atoms with E-state index in [0.717, 1.165) is 23.2 Å². The van der Waals surface area contributed by atoms with Crippen LogP contribution in [0.2, 0.25) is 0 Å². The van der Waals surface area contributed by atoms with Crippen molar-refractivity contribution in [3.8, 4) is 17.2 Å². The summed E-state index contributed by atoms with van der Waals surface area (Å²) in [5.74, 6) is 1.43. The molecule has 12 heteroatoms. The van der Waals surface area contributed by atoms with Gasteiger partial charge in [0.05, 0.1) is 41.2 Å². The topological polar surface area (TPSA) is 126 Å². The summed E-state index contributed by atoms with van der Waals surface area (Å²) >= 11 is 2.60. The first-order valence-electron chi connectivity index (χ1n) is 10.1. The minimum Gasteiger partial charge on any atom is -0.493 e. The molecule has 0 atom stereocenters. The van der Waals surface area contributed by atoms with Gasteiger partial charge in [-0.15, -0.1) is 11.8 Å². The predicted molar refractivity (Wildman–Crippen MR) is 130 cm³/mol. The van der Waals surface area contributed by atoms with Crippen LogP contribution in [0.5, 0.6) is 11.5 Å². The normalized spacial score (nSPS) is 12.2. The highest BCUT2D eigenvalue weighted by atomic mass is 32.2. The molecule has 0 bridgehead atoms. The Morgan fingerprint density at radius 2 is 1.94 bits per heavy atom. The van der Waals surface area contributed by atoms with Crippen molar-refractivity contribution in [1.29, 1.82) is 0 Å². The summed E-state index contributed by atoms with van der Waals surface area (Å²) in [6.07, 6.45) is 0.685. The second-order valence-corrected chi connectivity index (χ2v) is 9.14. The van der Waals surface area contributed by atoms with Gasteiger partial charge < -0.3 is 14.8 Å². The molecular formula is C22H20N4O6S2. The van der Waals surface area contributed by atoms with Crippen molar-refractivity contribution in [3.63, 3.8) is 0 Å². The first-order chi connectivity index (χ1) is 16.4. The molecule has 34 heavy (non-hydrogen) atoms. The minimum atomic E-state index is -0.507. The van der Waals surface area contributed by atoms with E-state index in [1.807, 2.05) is 0 Å². The van der Waals surface area contributed by atoms with Crippen LogP contribution in [0.3, 0.4) is 0 Å². The van der Waals surface area contributed by atoms with Gasteiger partial charge in [0.1, 0.15) is 0 Å². The van der Waals surface area contributed by atoms with Crippen LogP contribution in [-0.2, 0) is 11.2 Å². The van der Waals surface area contributed by atoms with Crippen LogP contribution in [0, 0.1) is 10.1 Å². The van der Waals surface area contributed by atoms with Gasteiger partial charge in [-0.3, -0.25) is 24.3 Å². The molecule has 1 aliphatic heterocycles. The predicted octanol–water partition coefficient (Wildman–Crippen LogP) is 3.54. The molecule has 1 aliphatic rings. The highest BCUT2D eigenvalue weighted by molar-refractivity contribution is 8.00. The average Bonchev–Trinajstić information content (AvgIpc) is 3.32. The molecule has 4 rings (SSSR count). The Morgan fingerprint density at radius 3 is 2.62 bits per heavy atom. The SMILES string of the molecule is COc1ccc(-n2c(SCC(=O)Nc3ccc([N+](=O)[O-])cc3)nc3c(c2=O)SCC3)cc1OC. The molecule has 1 N–H and O–H groups in total. The Morgan fingerprint density at radius 1 is 1.21 bits per heavy atom. The van der Waals surface area contributed by atoms with Gasteiger partial charge in [-0.25, -0.2) is 4.98 Å². The van der Waals surface area contributed by atoms with Crippen LogP contribution in [0.4, 0.5) is 11.4 Å². The van der Waals surface area contributed by atoms with Gasteiger partial charge in [-0.2, -0.15) is 0 Å². The Labute approximate surface area is 202 Å². The van der Waals surface area contributed by atoms with Crippen LogP contribution in [0.1, 0.15) is 5.69 Å². The molecule has 2 heterocycles. The quantitative estimate of drug-likeness (QED) is 0.214. The molecule has 1 aromatic heterocycles. The standard InChI is InChI=1S/C22H20N4O6S2/c1-31-17-8-7-15(11-18(17)32-2)25-21(28)20-16(9-10-33-20)24-22(25)34-12-19(27)23-13-3-5-14(6-4-13)26(29)30/h3-8,11H,9-10,12H2,1-2H3,(H,23,27). The van der Waals surface area contributed by atoms with E-state index in [2.05, 4.69) is 10.3 Å². The van der Waals surface area contributed by atoms with Crippen molar-refractivity contribution < 1.29 is 19.2 Å². The fourth-order valence-corrected chi connectivity index (χ4v) is 5.23. The largest absolute Gasteiger partial charge is 0.493 e. The number of ether oxygens (including phenoxy) is 2. The first-order valence-corrected chi connectivity index (χ1v) is 12.1. The van der Waals surface area contributed by atoms with Gasteiger partial charge >= 0.3 is 0 Å². The zero-order valence-corrected chi connectivity index (χ0v) is 19.9. The molecule has 0 aliphatic carbocycles. The summed E-state index contributed by atoms with van der Waals surface area (Å²) in [5, 5.41) is 13.9. The number of aryl methyl sites for hydroxylation is 1. The summed E-state index contributed by atoms with van der Waals surface area (Å²) < 4.78 is 12.1. The Bertz CT molecular complexity index is 1310. The number of fused-ring (bicyclic) bond motifs is 1. The summed E-state index contributed by atoms with van der Waals surface area (Å²) in [6.45, 7) is 0. The number of methoxy groups -OCH3 is 2. The van der Waals surface area contributed by atoms with Crippen LogP contribution in [0.25, 0.3) is 5.69 Å². The van der Waals surface area contributed by atoms with Gasteiger partial charge in [0.2, 0.25) is 5.91 Å². The van der Waals surface area contributed by atoms with E-state index in [1.165, 1.54) is 54.8 Å². The maximum atomic E-state index is 13.3. The molecule has 0 saturated heterocycles. The van der Waals surface area contributed by atoms with E-state index in [9.17, 15) is 19.7 Å². The zero-order chi connectivity index (χ0) is 24.2. The van der Waals surface area contributed by atoms with Crippen molar-refractivity contribution in [2.45, 2.75) is 16.5 Å². The molecular weight excluding hydrogens is 480 g/mol. The number of anilines is 1. The van der Waals surface area contributed by atoms with Crippen molar-refractivity contribution >= 4 is 40.8 Å². The zero-order valence-electron chi connectivity index (χ0n) is 18.3. The van der Waals surface area contributed by atoms with Crippen LogP contribution in [-0.4, -0.2) is 46.1 Å². The third-order valence-corrected chi connectivity index (χ3v) is 7.03. The number of carbonyl (C=O) groups is 1. The average molecular weight is 501 g/mol. The van der Waals surface area contributed by atoms with Crippen LogP contribution in [0.15, 0.2) is 57.3 Å². The molecule has 0 unspecified atom stereocenters. The molecule has 3 aromatic rings. The molecule has 10 nitrogen and oxygen atoms in total. The molecule has 0 radical (unpaired) electrons. The number of rotatable bonds is 8. The highest BCUT2D eigenvalue weighted by Crippen LogP contribution is 2.33. The summed E-state index contributed by atoms with van der Waals surface area (Å²) in [4.78, 5) is 41.4. The number of thioether (sulfide) groups is 2. The van der Waals surface area contributed by atoms with Crippen LogP contribution >= 0.6 is 23.5 Å². The molecule has 0 spiro atoms. The Balaban J connectivity index is 1.60. The number of carbonyl (C=O) groups excluding carboxylic acids is 1. The van der Waals surface area contributed by atoms with E-state index in [4.69, 9.17) is 9.47 Å². The number of amides is 1. The second kappa shape index (κ2) is 10.2. The number of non-ortho nitro benzene ring substituents is 1. The number of nitro benzene ring substituents is 1.